The van der Waals surface area contributed by atoms with Crippen LogP contribution >= 0.6 is 0 Å². The highest BCUT2D eigenvalue weighted by molar-refractivity contribution is 4.91. The molecule has 2 fully saturated rings. The van der Waals surface area contributed by atoms with Gasteiger partial charge in [0.05, 0.1) is 5.60 Å². The van der Waals surface area contributed by atoms with Crippen LogP contribution in [0.2, 0.25) is 0 Å². The van der Waals surface area contributed by atoms with Crippen LogP contribution in [-0.2, 0) is 0 Å². The van der Waals surface area contributed by atoms with Crippen molar-refractivity contribution in [2.75, 3.05) is 19.6 Å². The second-order valence-electron chi connectivity index (χ2n) is 6.51. The van der Waals surface area contributed by atoms with Gasteiger partial charge in [-0.3, -0.25) is 4.90 Å². The monoisotopic (exact) mass is 240 g/mol. The lowest BCUT2D eigenvalue weighted by Gasteiger charge is -2.46. The van der Waals surface area contributed by atoms with Gasteiger partial charge in [0.25, 0.3) is 0 Å². The maximum atomic E-state index is 10.0. The summed E-state index contributed by atoms with van der Waals surface area (Å²) in [5.41, 5.74) is 5.49. The minimum Gasteiger partial charge on any atom is -0.390 e. The predicted molar refractivity (Wildman–Crippen MR) is 70.8 cm³/mol. The number of nitrogens with zero attached hydrogens (tertiary/aromatic N) is 1. The average Bonchev–Trinajstić information content (AvgIpc) is 2.29. The van der Waals surface area contributed by atoms with E-state index in [0.717, 1.165) is 38.4 Å². The first kappa shape index (κ1) is 13.3. The molecule has 2 aliphatic rings. The van der Waals surface area contributed by atoms with Crippen LogP contribution in [0.3, 0.4) is 0 Å². The molecule has 0 aromatic rings. The summed E-state index contributed by atoms with van der Waals surface area (Å²) in [5, 5.41) is 10.0. The lowest BCUT2D eigenvalue weighted by atomic mass is 9.77. The summed E-state index contributed by atoms with van der Waals surface area (Å²) in [6.07, 6.45) is 5.74. The summed E-state index contributed by atoms with van der Waals surface area (Å²) >= 11 is 0. The molecule has 0 spiro atoms. The highest BCUT2D eigenvalue weighted by Gasteiger charge is 2.36. The fourth-order valence-electron chi connectivity index (χ4n) is 3.47. The predicted octanol–water partition coefficient (Wildman–Crippen LogP) is 1.60. The summed E-state index contributed by atoms with van der Waals surface area (Å²) in [7, 11) is 0. The number of rotatable bonds is 2. The van der Waals surface area contributed by atoms with Gasteiger partial charge in [-0.25, -0.2) is 0 Å². The highest BCUT2D eigenvalue weighted by atomic mass is 16.3. The number of nitrogens with two attached hydrogens (primary N) is 1. The minimum atomic E-state index is -0.436. The number of likely N-dealkylation sites (tertiary alicyclic amines) is 1. The molecule has 1 saturated carbocycles. The van der Waals surface area contributed by atoms with E-state index in [1.165, 1.54) is 19.3 Å². The van der Waals surface area contributed by atoms with Crippen molar-refractivity contribution < 1.29 is 5.11 Å². The normalized spacial score (nSPS) is 39.2. The largest absolute Gasteiger partial charge is 0.390 e. The van der Waals surface area contributed by atoms with Crippen molar-refractivity contribution in [3.05, 3.63) is 0 Å². The van der Waals surface area contributed by atoms with Crippen molar-refractivity contribution in [2.24, 2.45) is 17.6 Å². The first-order valence-corrected chi connectivity index (χ1v) is 7.18. The van der Waals surface area contributed by atoms with E-state index in [0.29, 0.717) is 12.0 Å². The SMILES string of the molecule is CC1CCC(CN)C(N2CCC(C)(O)CC2)C1. The van der Waals surface area contributed by atoms with Crippen LogP contribution in [0.15, 0.2) is 0 Å². The van der Waals surface area contributed by atoms with Gasteiger partial charge >= 0.3 is 0 Å². The van der Waals surface area contributed by atoms with Crippen molar-refractivity contribution in [3.8, 4) is 0 Å². The van der Waals surface area contributed by atoms with E-state index in [-0.39, 0.29) is 0 Å². The Hall–Kier alpha value is -0.120. The number of aliphatic hydroxyl groups is 1. The molecule has 3 nitrogen and oxygen atoms in total. The number of hydrogen-bond acceptors (Lipinski definition) is 3. The summed E-state index contributed by atoms with van der Waals surface area (Å²) in [6.45, 7) is 7.24. The Morgan fingerprint density at radius 1 is 1.29 bits per heavy atom. The van der Waals surface area contributed by atoms with Gasteiger partial charge in [0.1, 0.15) is 0 Å². The highest BCUT2D eigenvalue weighted by Crippen LogP contribution is 2.34. The molecule has 0 aromatic carbocycles. The molecule has 3 atom stereocenters. The van der Waals surface area contributed by atoms with E-state index in [2.05, 4.69) is 11.8 Å². The van der Waals surface area contributed by atoms with Crippen LogP contribution < -0.4 is 5.73 Å². The van der Waals surface area contributed by atoms with E-state index in [9.17, 15) is 5.11 Å². The van der Waals surface area contributed by atoms with Crippen LogP contribution in [0.25, 0.3) is 0 Å². The lowest BCUT2D eigenvalue weighted by molar-refractivity contribution is -0.0326. The standard InChI is InChI=1S/C14H28N2O/c1-11-3-4-12(10-15)13(9-11)16-7-5-14(2,17)6-8-16/h11-13,17H,3-10,15H2,1-2H3. The molecule has 0 bridgehead atoms. The third kappa shape index (κ3) is 3.21. The molecule has 100 valence electrons. The molecule has 0 aromatic heterocycles. The second-order valence-corrected chi connectivity index (χ2v) is 6.51. The molecule has 1 heterocycles. The van der Waals surface area contributed by atoms with Gasteiger partial charge in [-0.2, -0.15) is 0 Å². The van der Waals surface area contributed by atoms with Crippen LogP contribution in [-0.4, -0.2) is 41.3 Å². The number of hydrogen-bond donors (Lipinski definition) is 2. The Kier molecular flexibility index (Phi) is 4.11. The van der Waals surface area contributed by atoms with Crippen LogP contribution in [0.4, 0.5) is 0 Å². The first-order valence-electron chi connectivity index (χ1n) is 7.18. The van der Waals surface area contributed by atoms with E-state index in [4.69, 9.17) is 5.73 Å². The molecule has 0 radical (unpaired) electrons. The molecule has 0 amide bonds. The molecule has 17 heavy (non-hydrogen) atoms. The Morgan fingerprint density at radius 2 is 1.94 bits per heavy atom. The van der Waals surface area contributed by atoms with Crippen molar-refractivity contribution >= 4 is 0 Å². The second kappa shape index (κ2) is 5.25. The van der Waals surface area contributed by atoms with Gasteiger partial charge in [-0.15, -0.1) is 0 Å². The molecule has 3 heteroatoms. The van der Waals surface area contributed by atoms with Gasteiger partial charge in [-0.05, 0) is 51.0 Å². The van der Waals surface area contributed by atoms with Crippen molar-refractivity contribution in [1.82, 2.24) is 4.90 Å². The maximum Gasteiger partial charge on any atom is 0.0644 e. The number of piperidine rings is 1. The molecule has 1 saturated heterocycles. The molecular formula is C14H28N2O. The zero-order valence-corrected chi connectivity index (χ0v) is 11.4. The van der Waals surface area contributed by atoms with E-state index in [1.807, 2.05) is 6.92 Å². The fourth-order valence-corrected chi connectivity index (χ4v) is 3.47. The zero-order chi connectivity index (χ0) is 12.5. The Labute approximate surface area is 105 Å². The van der Waals surface area contributed by atoms with Crippen molar-refractivity contribution in [2.45, 2.75) is 57.6 Å². The fraction of sp³-hybridized carbons (Fsp3) is 1.00. The molecular weight excluding hydrogens is 212 g/mol. The summed E-state index contributed by atoms with van der Waals surface area (Å²) in [6, 6.07) is 0.667. The summed E-state index contributed by atoms with van der Waals surface area (Å²) in [5.74, 6) is 1.51. The van der Waals surface area contributed by atoms with E-state index in [1.54, 1.807) is 0 Å². The third-order valence-electron chi connectivity index (χ3n) is 4.87. The average molecular weight is 240 g/mol. The molecule has 1 aliphatic heterocycles. The topological polar surface area (TPSA) is 49.5 Å². The van der Waals surface area contributed by atoms with Crippen molar-refractivity contribution in [1.29, 1.82) is 0 Å². The quantitative estimate of drug-likeness (QED) is 0.771. The third-order valence-corrected chi connectivity index (χ3v) is 4.87. The van der Waals surface area contributed by atoms with Gasteiger partial charge in [0, 0.05) is 19.1 Å². The Bertz CT molecular complexity index is 245. The van der Waals surface area contributed by atoms with Gasteiger partial charge < -0.3 is 10.8 Å². The smallest absolute Gasteiger partial charge is 0.0644 e. The Morgan fingerprint density at radius 3 is 2.53 bits per heavy atom. The van der Waals surface area contributed by atoms with Gasteiger partial charge in [0.15, 0.2) is 0 Å². The summed E-state index contributed by atoms with van der Waals surface area (Å²) in [4.78, 5) is 2.59. The van der Waals surface area contributed by atoms with Crippen LogP contribution in [0.1, 0.15) is 46.0 Å². The molecule has 1 aliphatic carbocycles. The lowest BCUT2D eigenvalue weighted by Crippen LogP contribution is -2.52. The van der Waals surface area contributed by atoms with E-state index < -0.39 is 5.60 Å². The minimum absolute atomic E-state index is 0.436. The van der Waals surface area contributed by atoms with Crippen LogP contribution in [0.5, 0.6) is 0 Å². The van der Waals surface area contributed by atoms with Gasteiger partial charge in [-0.1, -0.05) is 13.3 Å². The van der Waals surface area contributed by atoms with Gasteiger partial charge in [0.2, 0.25) is 0 Å². The summed E-state index contributed by atoms with van der Waals surface area (Å²) < 4.78 is 0. The molecule has 3 unspecified atom stereocenters. The molecule has 3 N–H and O–H groups in total. The van der Waals surface area contributed by atoms with Crippen molar-refractivity contribution in [3.63, 3.8) is 0 Å². The maximum absolute atomic E-state index is 10.0. The Balaban J connectivity index is 1.95. The van der Waals surface area contributed by atoms with E-state index >= 15 is 0 Å². The van der Waals surface area contributed by atoms with Crippen LogP contribution in [0, 0.1) is 11.8 Å². The molecule has 2 rings (SSSR count). The first-order chi connectivity index (χ1) is 8.02. The zero-order valence-electron chi connectivity index (χ0n) is 11.4.